The number of H-pyrrole nitrogens is 1. The molecule has 2 aromatic rings. The van der Waals surface area contributed by atoms with Crippen LogP contribution in [0.15, 0.2) is 36.7 Å². The monoisotopic (exact) mass is 285 g/mol. The van der Waals surface area contributed by atoms with Gasteiger partial charge in [-0.1, -0.05) is 11.6 Å². The van der Waals surface area contributed by atoms with Crippen LogP contribution in [0.25, 0.3) is 6.08 Å². The Hall–Kier alpha value is -2.56. The largest absolute Gasteiger partial charge is 0.496 e. The summed E-state index contributed by atoms with van der Waals surface area (Å²) in [7, 11) is 3.36. The number of carbonyl (C=O) groups is 1. The first-order valence-electron chi connectivity index (χ1n) is 6.66. The molecule has 0 bridgehead atoms. The fourth-order valence-corrected chi connectivity index (χ4v) is 1.96. The average Bonchev–Trinajstić information content (AvgIpc) is 2.97. The molecule has 0 aliphatic carbocycles. The van der Waals surface area contributed by atoms with Crippen LogP contribution >= 0.6 is 0 Å². The first kappa shape index (κ1) is 14.8. The molecule has 0 unspecified atom stereocenters. The van der Waals surface area contributed by atoms with Gasteiger partial charge in [0.25, 0.3) is 0 Å². The number of amides is 1. The summed E-state index contributed by atoms with van der Waals surface area (Å²) in [5.41, 5.74) is 2.00. The van der Waals surface area contributed by atoms with Crippen molar-refractivity contribution in [2.24, 2.45) is 0 Å². The van der Waals surface area contributed by atoms with Gasteiger partial charge >= 0.3 is 0 Å². The number of aromatic nitrogens is 2. The van der Waals surface area contributed by atoms with Crippen LogP contribution in [0.4, 0.5) is 0 Å². The minimum absolute atomic E-state index is 0.0880. The molecule has 0 fully saturated rings. The summed E-state index contributed by atoms with van der Waals surface area (Å²) in [6.45, 7) is 2.45. The molecule has 1 heterocycles. The normalized spacial score (nSPS) is 10.8. The zero-order chi connectivity index (χ0) is 15.2. The maximum absolute atomic E-state index is 12.1. The highest BCUT2D eigenvalue weighted by molar-refractivity contribution is 5.92. The number of carbonyl (C=O) groups excluding carboxylic acids is 1. The quantitative estimate of drug-likeness (QED) is 0.858. The second kappa shape index (κ2) is 6.74. The summed E-state index contributed by atoms with van der Waals surface area (Å²) in [6, 6.07) is 5.85. The Kier molecular flexibility index (Phi) is 4.77. The zero-order valence-electron chi connectivity index (χ0n) is 12.5. The van der Waals surface area contributed by atoms with Crippen molar-refractivity contribution in [2.45, 2.75) is 13.5 Å². The fraction of sp³-hybridized carbons (Fsp3) is 0.250. The number of nitrogens with one attached hydrogen (secondary N) is 1. The molecule has 0 spiro atoms. The van der Waals surface area contributed by atoms with Gasteiger partial charge in [-0.3, -0.25) is 4.79 Å². The van der Waals surface area contributed by atoms with E-state index in [2.05, 4.69) is 9.97 Å². The van der Waals surface area contributed by atoms with Gasteiger partial charge in [0.15, 0.2) is 0 Å². The van der Waals surface area contributed by atoms with E-state index in [9.17, 15) is 4.79 Å². The van der Waals surface area contributed by atoms with Crippen molar-refractivity contribution in [3.05, 3.63) is 53.6 Å². The molecule has 0 aliphatic rings. The third kappa shape index (κ3) is 3.95. The highest BCUT2D eigenvalue weighted by atomic mass is 16.5. The third-order valence-electron chi connectivity index (χ3n) is 3.11. The Morgan fingerprint density at radius 2 is 2.29 bits per heavy atom. The number of aryl methyl sites for hydroxylation is 1. The maximum atomic E-state index is 12.1. The summed E-state index contributed by atoms with van der Waals surface area (Å²) in [4.78, 5) is 20.8. The summed E-state index contributed by atoms with van der Waals surface area (Å²) in [5.74, 6) is 1.42. The number of imidazole rings is 1. The second-order valence-corrected chi connectivity index (χ2v) is 4.81. The van der Waals surface area contributed by atoms with Crippen molar-refractivity contribution in [3.63, 3.8) is 0 Å². The number of hydrogen-bond donors (Lipinski definition) is 1. The van der Waals surface area contributed by atoms with Crippen LogP contribution in [0.1, 0.15) is 17.0 Å². The molecule has 1 aromatic carbocycles. The van der Waals surface area contributed by atoms with E-state index in [1.165, 1.54) is 0 Å². The Morgan fingerprint density at radius 1 is 1.48 bits per heavy atom. The minimum atomic E-state index is -0.0880. The van der Waals surface area contributed by atoms with E-state index in [0.29, 0.717) is 6.54 Å². The van der Waals surface area contributed by atoms with Gasteiger partial charge in [-0.15, -0.1) is 0 Å². The first-order valence-corrected chi connectivity index (χ1v) is 6.66. The maximum Gasteiger partial charge on any atom is 0.246 e. The number of hydrogen-bond acceptors (Lipinski definition) is 3. The smallest absolute Gasteiger partial charge is 0.246 e. The lowest BCUT2D eigenvalue weighted by Gasteiger charge is -2.13. The minimum Gasteiger partial charge on any atom is -0.496 e. The lowest BCUT2D eigenvalue weighted by atomic mass is 10.1. The first-order chi connectivity index (χ1) is 10.1. The van der Waals surface area contributed by atoms with Crippen LogP contribution in [0.2, 0.25) is 0 Å². The van der Waals surface area contributed by atoms with E-state index in [4.69, 9.17) is 4.74 Å². The Balaban J connectivity index is 2.06. The average molecular weight is 285 g/mol. The number of nitrogens with zero attached hydrogens (tertiary/aromatic N) is 2. The van der Waals surface area contributed by atoms with Crippen molar-refractivity contribution in [3.8, 4) is 5.75 Å². The lowest BCUT2D eigenvalue weighted by Crippen LogP contribution is -2.24. The lowest BCUT2D eigenvalue weighted by molar-refractivity contribution is -0.125. The molecule has 1 aromatic heterocycles. The molecule has 0 saturated carbocycles. The number of benzene rings is 1. The number of likely N-dealkylation sites (N-methyl/N-ethyl adjacent to an activating group) is 1. The number of methoxy groups -OCH3 is 1. The van der Waals surface area contributed by atoms with Crippen LogP contribution in [0, 0.1) is 6.92 Å². The number of rotatable bonds is 5. The molecule has 0 radical (unpaired) electrons. The van der Waals surface area contributed by atoms with Gasteiger partial charge in [-0.25, -0.2) is 4.98 Å². The van der Waals surface area contributed by atoms with E-state index in [-0.39, 0.29) is 5.91 Å². The molecule has 0 saturated heterocycles. The van der Waals surface area contributed by atoms with Gasteiger partial charge in [0, 0.05) is 31.1 Å². The Labute approximate surface area is 124 Å². The van der Waals surface area contributed by atoms with Crippen molar-refractivity contribution in [2.75, 3.05) is 14.2 Å². The standard InChI is InChI=1S/C16H19N3O2/c1-12-4-6-14(21-3)13(10-12)5-7-16(20)19(2)11-15-17-8-9-18-15/h4-10H,11H2,1-3H3,(H,17,18). The molecule has 1 N–H and O–H groups in total. The van der Waals surface area contributed by atoms with Crippen molar-refractivity contribution < 1.29 is 9.53 Å². The molecule has 2 rings (SSSR count). The number of ether oxygens (including phenoxy) is 1. The van der Waals surface area contributed by atoms with Crippen LogP contribution < -0.4 is 4.74 Å². The molecule has 0 atom stereocenters. The summed E-state index contributed by atoms with van der Waals surface area (Å²) in [5, 5.41) is 0. The Morgan fingerprint density at radius 3 is 2.95 bits per heavy atom. The van der Waals surface area contributed by atoms with E-state index in [0.717, 1.165) is 22.7 Å². The molecule has 21 heavy (non-hydrogen) atoms. The topological polar surface area (TPSA) is 58.2 Å². The van der Waals surface area contributed by atoms with Crippen LogP contribution in [-0.4, -0.2) is 34.9 Å². The van der Waals surface area contributed by atoms with Crippen LogP contribution in [-0.2, 0) is 11.3 Å². The predicted octanol–water partition coefficient (Wildman–Crippen LogP) is 2.40. The van der Waals surface area contributed by atoms with Crippen LogP contribution in [0.3, 0.4) is 0 Å². The molecule has 1 amide bonds. The predicted molar refractivity (Wildman–Crippen MR) is 81.8 cm³/mol. The second-order valence-electron chi connectivity index (χ2n) is 4.81. The third-order valence-corrected chi connectivity index (χ3v) is 3.11. The van der Waals surface area contributed by atoms with Crippen molar-refractivity contribution in [1.82, 2.24) is 14.9 Å². The molecule has 5 heteroatoms. The molecular weight excluding hydrogens is 266 g/mol. The van der Waals surface area contributed by atoms with Gasteiger partial charge in [-0.2, -0.15) is 0 Å². The molecular formula is C16H19N3O2. The van der Waals surface area contributed by atoms with Crippen molar-refractivity contribution in [1.29, 1.82) is 0 Å². The summed E-state index contributed by atoms with van der Waals surface area (Å²) >= 11 is 0. The van der Waals surface area contributed by atoms with Crippen molar-refractivity contribution >= 4 is 12.0 Å². The Bertz CT molecular complexity index is 633. The van der Waals surface area contributed by atoms with E-state index in [1.54, 1.807) is 43.6 Å². The van der Waals surface area contributed by atoms with Gasteiger partial charge in [0.1, 0.15) is 11.6 Å². The molecule has 0 aliphatic heterocycles. The molecule has 5 nitrogen and oxygen atoms in total. The highest BCUT2D eigenvalue weighted by Gasteiger charge is 2.07. The van der Waals surface area contributed by atoms with Gasteiger partial charge in [0.05, 0.1) is 13.7 Å². The fourth-order valence-electron chi connectivity index (χ4n) is 1.96. The van der Waals surface area contributed by atoms with E-state index >= 15 is 0 Å². The van der Waals surface area contributed by atoms with E-state index in [1.807, 2.05) is 25.1 Å². The highest BCUT2D eigenvalue weighted by Crippen LogP contribution is 2.21. The van der Waals surface area contributed by atoms with Gasteiger partial charge < -0.3 is 14.6 Å². The zero-order valence-corrected chi connectivity index (χ0v) is 12.5. The summed E-state index contributed by atoms with van der Waals surface area (Å²) < 4.78 is 5.29. The number of aromatic amines is 1. The molecule has 110 valence electrons. The van der Waals surface area contributed by atoms with E-state index < -0.39 is 0 Å². The van der Waals surface area contributed by atoms with Gasteiger partial charge in [-0.05, 0) is 25.1 Å². The van der Waals surface area contributed by atoms with Crippen LogP contribution in [0.5, 0.6) is 5.75 Å². The van der Waals surface area contributed by atoms with Gasteiger partial charge in [0.2, 0.25) is 5.91 Å². The SMILES string of the molecule is COc1ccc(C)cc1C=CC(=O)N(C)Cc1ncc[nH]1. The summed E-state index contributed by atoms with van der Waals surface area (Å²) in [6.07, 6.45) is 6.72.